The number of carboxylic acids is 1. The standard InChI is InChI=1S/C17H22O3/c1-2-3-4-12-5-7-13(8-6-12)14-9-10-15(17(19)20)16(18)11-14/h2,9-13,18H,1,3-8H2,(H,19,20). The summed E-state index contributed by atoms with van der Waals surface area (Å²) in [6.07, 6.45) is 8.94. The average molecular weight is 274 g/mol. The van der Waals surface area contributed by atoms with Crippen LogP contribution >= 0.6 is 0 Å². The monoisotopic (exact) mass is 274 g/mol. The summed E-state index contributed by atoms with van der Waals surface area (Å²) in [6, 6.07) is 4.98. The van der Waals surface area contributed by atoms with Crippen LogP contribution < -0.4 is 0 Å². The number of phenols is 1. The maximum absolute atomic E-state index is 10.9. The SMILES string of the molecule is C=CCCC1CCC(c2ccc(C(=O)O)c(O)c2)CC1. The molecule has 2 N–H and O–H groups in total. The van der Waals surface area contributed by atoms with Crippen molar-refractivity contribution in [3.05, 3.63) is 42.0 Å². The highest BCUT2D eigenvalue weighted by Crippen LogP contribution is 2.38. The molecule has 3 nitrogen and oxygen atoms in total. The van der Waals surface area contributed by atoms with Gasteiger partial charge in [0.05, 0.1) is 0 Å². The Morgan fingerprint density at radius 3 is 2.55 bits per heavy atom. The van der Waals surface area contributed by atoms with Crippen molar-refractivity contribution in [1.29, 1.82) is 0 Å². The van der Waals surface area contributed by atoms with Crippen molar-refractivity contribution in [2.24, 2.45) is 5.92 Å². The van der Waals surface area contributed by atoms with E-state index in [0.29, 0.717) is 5.92 Å². The summed E-state index contributed by atoms with van der Waals surface area (Å²) in [7, 11) is 0. The number of allylic oxidation sites excluding steroid dienone is 1. The van der Waals surface area contributed by atoms with Crippen molar-refractivity contribution < 1.29 is 15.0 Å². The van der Waals surface area contributed by atoms with Gasteiger partial charge in [0.15, 0.2) is 0 Å². The van der Waals surface area contributed by atoms with Gasteiger partial charge in [-0.3, -0.25) is 0 Å². The molecular formula is C17H22O3. The fourth-order valence-electron chi connectivity index (χ4n) is 3.12. The van der Waals surface area contributed by atoms with Crippen LogP contribution in [0.15, 0.2) is 30.9 Å². The van der Waals surface area contributed by atoms with Crippen molar-refractivity contribution in [2.75, 3.05) is 0 Å². The zero-order chi connectivity index (χ0) is 14.5. The summed E-state index contributed by atoms with van der Waals surface area (Å²) in [5.41, 5.74) is 1.04. The summed E-state index contributed by atoms with van der Waals surface area (Å²) in [5, 5.41) is 18.7. The molecule has 0 unspecified atom stereocenters. The van der Waals surface area contributed by atoms with Crippen molar-refractivity contribution >= 4 is 5.97 Å². The minimum absolute atomic E-state index is 0.0200. The van der Waals surface area contributed by atoms with E-state index in [1.807, 2.05) is 12.1 Å². The van der Waals surface area contributed by atoms with E-state index in [0.717, 1.165) is 30.7 Å². The topological polar surface area (TPSA) is 57.5 Å². The Morgan fingerprint density at radius 1 is 1.30 bits per heavy atom. The third-order valence-electron chi connectivity index (χ3n) is 4.35. The van der Waals surface area contributed by atoms with Gasteiger partial charge in [0, 0.05) is 0 Å². The van der Waals surface area contributed by atoms with Gasteiger partial charge in [0.1, 0.15) is 11.3 Å². The van der Waals surface area contributed by atoms with Gasteiger partial charge in [-0.2, -0.15) is 0 Å². The third-order valence-corrected chi connectivity index (χ3v) is 4.35. The van der Waals surface area contributed by atoms with Gasteiger partial charge >= 0.3 is 5.97 Å². The van der Waals surface area contributed by atoms with E-state index in [1.165, 1.54) is 25.3 Å². The summed E-state index contributed by atoms with van der Waals surface area (Å²) >= 11 is 0. The lowest BCUT2D eigenvalue weighted by Gasteiger charge is -2.28. The Bertz CT molecular complexity index is 485. The van der Waals surface area contributed by atoms with Crippen molar-refractivity contribution in [3.8, 4) is 5.75 Å². The molecule has 0 atom stereocenters. The molecule has 0 spiro atoms. The van der Waals surface area contributed by atoms with Crippen molar-refractivity contribution in [3.63, 3.8) is 0 Å². The quantitative estimate of drug-likeness (QED) is 0.786. The minimum atomic E-state index is -1.08. The van der Waals surface area contributed by atoms with E-state index in [-0.39, 0.29) is 11.3 Å². The lowest BCUT2D eigenvalue weighted by atomic mass is 9.77. The van der Waals surface area contributed by atoms with Crippen LogP contribution in [0, 0.1) is 5.92 Å². The number of carbonyl (C=O) groups is 1. The lowest BCUT2D eigenvalue weighted by molar-refractivity contribution is 0.0693. The first-order valence-electron chi connectivity index (χ1n) is 7.29. The third kappa shape index (κ3) is 3.41. The van der Waals surface area contributed by atoms with Gasteiger partial charge in [-0.05, 0) is 68.1 Å². The molecule has 20 heavy (non-hydrogen) atoms. The van der Waals surface area contributed by atoms with E-state index in [2.05, 4.69) is 6.58 Å². The van der Waals surface area contributed by atoms with Crippen LogP contribution in [-0.4, -0.2) is 16.2 Å². The molecule has 1 fully saturated rings. The number of benzene rings is 1. The highest BCUT2D eigenvalue weighted by molar-refractivity contribution is 5.90. The number of rotatable bonds is 5. The second-order valence-electron chi connectivity index (χ2n) is 5.67. The van der Waals surface area contributed by atoms with Gasteiger partial charge in [-0.15, -0.1) is 6.58 Å². The number of carboxylic acid groups (broad SMARTS) is 1. The molecule has 0 aromatic heterocycles. The van der Waals surface area contributed by atoms with Gasteiger partial charge in [-0.25, -0.2) is 4.79 Å². The first kappa shape index (κ1) is 14.6. The first-order chi connectivity index (χ1) is 9.61. The van der Waals surface area contributed by atoms with E-state index >= 15 is 0 Å². The zero-order valence-electron chi connectivity index (χ0n) is 11.7. The Kier molecular flexibility index (Phi) is 4.83. The Labute approximate surface area is 120 Å². The normalized spacial score (nSPS) is 22.4. The van der Waals surface area contributed by atoms with Crippen LogP contribution in [0.5, 0.6) is 5.75 Å². The smallest absolute Gasteiger partial charge is 0.339 e. The molecule has 1 aliphatic carbocycles. The van der Waals surface area contributed by atoms with Crippen LogP contribution in [0.1, 0.15) is 60.4 Å². The van der Waals surface area contributed by atoms with Crippen molar-refractivity contribution in [2.45, 2.75) is 44.4 Å². The minimum Gasteiger partial charge on any atom is -0.507 e. The van der Waals surface area contributed by atoms with Crippen LogP contribution in [0.3, 0.4) is 0 Å². The molecule has 1 aromatic rings. The molecule has 0 bridgehead atoms. The Hall–Kier alpha value is -1.77. The first-order valence-corrected chi connectivity index (χ1v) is 7.29. The molecule has 0 amide bonds. The van der Waals surface area contributed by atoms with Gasteiger partial charge < -0.3 is 10.2 Å². The average Bonchev–Trinajstić information content (AvgIpc) is 2.45. The van der Waals surface area contributed by atoms with Gasteiger partial charge in [-0.1, -0.05) is 12.1 Å². The van der Waals surface area contributed by atoms with E-state index < -0.39 is 5.97 Å². The summed E-state index contributed by atoms with van der Waals surface area (Å²) in [4.78, 5) is 10.9. The molecule has 2 rings (SSSR count). The number of aromatic hydroxyl groups is 1. The van der Waals surface area contributed by atoms with Crippen LogP contribution in [-0.2, 0) is 0 Å². The number of aromatic carboxylic acids is 1. The molecule has 0 radical (unpaired) electrons. The van der Waals surface area contributed by atoms with E-state index in [9.17, 15) is 9.90 Å². The Morgan fingerprint density at radius 2 is 2.00 bits per heavy atom. The van der Waals surface area contributed by atoms with Crippen LogP contribution in [0.4, 0.5) is 0 Å². The van der Waals surface area contributed by atoms with E-state index in [4.69, 9.17) is 5.11 Å². The molecule has 1 aromatic carbocycles. The second kappa shape index (κ2) is 6.60. The van der Waals surface area contributed by atoms with Gasteiger partial charge in [0.25, 0.3) is 0 Å². The molecule has 0 heterocycles. The highest BCUT2D eigenvalue weighted by atomic mass is 16.4. The Balaban J connectivity index is 1.98. The van der Waals surface area contributed by atoms with Crippen molar-refractivity contribution in [1.82, 2.24) is 0 Å². The second-order valence-corrected chi connectivity index (χ2v) is 5.67. The van der Waals surface area contributed by atoms with Crippen LogP contribution in [0.2, 0.25) is 0 Å². The molecular weight excluding hydrogens is 252 g/mol. The molecule has 3 heteroatoms. The molecule has 1 aliphatic rings. The molecule has 0 aliphatic heterocycles. The number of hydrogen-bond donors (Lipinski definition) is 2. The van der Waals surface area contributed by atoms with Crippen LogP contribution in [0.25, 0.3) is 0 Å². The summed E-state index contributed by atoms with van der Waals surface area (Å²) in [6.45, 7) is 3.76. The predicted molar refractivity (Wildman–Crippen MR) is 79.2 cm³/mol. The molecule has 0 saturated heterocycles. The van der Waals surface area contributed by atoms with E-state index in [1.54, 1.807) is 6.07 Å². The lowest BCUT2D eigenvalue weighted by Crippen LogP contribution is -2.13. The highest BCUT2D eigenvalue weighted by Gasteiger charge is 2.23. The molecule has 108 valence electrons. The number of hydrogen-bond acceptors (Lipinski definition) is 2. The van der Waals surface area contributed by atoms with Gasteiger partial charge in [0.2, 0.25) is 0 Å². The zero-order valence-corrected chi connectivity index (χ0v) is 11.7. The largest absolute Gasteiger partial charge is 0.507 e. The maximum atomic E-state index is 10.9. The molecule has 1 saturated carbocycles. The summed E-state index contributed by atoms with van der Waals surface area (Å²) < 4.78 is 0. The summed E-state index contributed by atoms with van der Waals surface area (Å²) in [5.74, 6) is 0.0332. The maximum Gasteiger partial charge on any atom is 0.339 e. The predicted octanol–water partition coefficient (Wildman–Crippen LogP) is 4.33. The fourth-order valence-corrected chi connectivity index (χ4v) is 3.12. The fraction of sp³-hybridized carbons (Fsp3) is 0.471.